The van der Waals surface area contributed by atoms with Crippen LogP contribution < -0.4 is 16.0 Å². The molecule has 8 heteroatoms. The summed E-state index contributed by atoms with van der Waals surface area (Å²) in [5.74, 6) is -0.763. The predicted octanol–water partition coefficient (Wildman–Crippen LogP) is 5.77. The first-order valence-corrected chi connectivity index (χ1v) is 12.6. The number of aryl methyl sites for hydroxylation is 1. The number of hydrogen-bond donors (Lipinski definition) is 3. The number of halogens is 2. The second kappa shape index (κ2) is 12.6. The molecule has 0 bridgehead atoms. The molecule has 1 atom stereocenters. The van der Waals surface area contributed by atoms with Crippen LogP contribution in [0.5, 0.6) is 0 Å². The van der Waals surface area contributed by atoms with E-state index in [1.54, 1.807) is 6.33 Å². The minimum absolute atomic E-state index is 0. The Labute approximate surface area is 213 Å². The molecule has 1 aliphatic rings. The molecule has 0 unspecified atom stereocenters. The van der Waals surface area contributed by atoms with Crippen molar-refractivity contribution in [3.63, 3.8) is 0 Å². The summed E-state index contributed by atoms with van der Waals surface area (Å²) in [6, 6.07) is 2.29. The molecule has 0 radical (unpaired) electrons. The van der Waals surface area contributed by atoms with Gasteiger partial charge in [-0.2, -0.15) is 0 Å². The van der Waals surface area contributed by atoms with Crippen LogP contribution >= 0.6 is 0 Å². The van der Waals surface area contributed by atoms with Gasteiger partial charge in [0, 0.05) is 35.7 Å². The second-order valence-corrected chi connectivity index (χ2v) is 11.2. The van der Waals surface area contributed by atoms with Crippen LogP contribution in [0.4, 0.5) is 14.6 Å². The summed E-state index contributed by atoms with van der Waals surface area (Å²) in [7, 11) is 0. The summed E-state index contributed by atoms with van der Waals surface area (Å²) in [6.45, 7) is 16.8. The van der Waals surface area contributed by atoms with Crippen molar-refractivity contribution in [3.05, 3.63) is 47.4 Å². The maximum atomic E-state index is 14.1. The topological polar surface area (TPSA) is 71.0 Å². The lowest BCUT2D eigenvalue weighted by molar-refractivity contribution is -0.115. The molecule has 0 saturated heterocycles. The number of rotatable bonds is 8. The maximum Gasteiger partial charge on any atom is 0.239 e. The molecule has 3 rings (SSSR count). The molecule has 0 saturated carbocycles. The molecule has 1 aliphatic carbocycles. The first kappa shape index (κ1) is 28.9. The fraction of sp³-hybridized carbons (Fsp3) is 0.630. The number of carbonyl (C=O) groups excluding carboxylic acids is 1. The van der Waals surface area contributed by atoms with E-state index in [1.165, 1.54) is 12.5 Å². The Morgan fingerprint density at radius 2 is 1.86 bits per heavy atom. The summed E-state index contributed by atoms with van der Waals surface area (Å²) < 4.78 is 29.4. The molecule has 2 aromatic rings. The molecule has 0 spiro atoms. The number of imidazole rings is 1. The predicted molar refractivity (Wildman–Crippen MR) is 145 cm³/mol. The van der Waals surface area contributed by atoms with Gasteiger partial charge in [-0.3, -0.25) is 4.79 Å². The van der Waals surface area contributed by atoms with Crippen molar-refractivity contribution in [3.8, 4) is 0 Å². The number of nitrogens with zero attached hydrogens (tertiary/aromatic N) is 2. The van der Waals surface area contributed by atoms with Gasteiger partial charge in [0.1, 0.15) is 11.6 Å². The Balaban J connectivity index is 0. The van der Waals surface area contributed by atoms with Gasteiger partial charge in [0.2, 0.25) is 5.91 Å². The van der Waals surface area contributed by atoms with Crippen LogP contribution in [0.15, 0.2) is 24.7 Å². The Bertz CT molecular complexity index is 980. The SMILES string of the molecule is CC(C)(C)CNCC(C)(C)n1cnc(NC(=O)CN[C@@H]2CCc3cc(F)cc(F)c3C2)c1.CCC.[HH].[HH].[HH]. The third kappa shape index (κ3) is 9.33. The zero-order chi connectivity index (χ0) is 26.2. The molecule has 0 aliphatic heterocycles. The van der Waals surface area contributed by atoms with E-state index in [1.807, 2.05) is 10.8 Å². The molecule has 1 heterocycles. The highest BCUT2D eigenvalue weighted by Gasteiger charge is 2.24. The highest BCUT2D eigenvalue weighted by atomic mass is 19.1. The van der Waals surface area contributed by atoms with E-state index in [0.717, 1.165) is 31.1 Å². The summed E-state index contributed by atoms with van der Waals surface area (Å²) in [5, 5.41) is 9.49. The Kier molecular flexibility index (Phi) is 10.4. The van der Waals surface area contributed by atoms with Crippen molar-refractivity contribution in [2.45, 2.75) is 85.7 Å². The lowest BCUT2D eigenvalue weighted by Gasteiger charge is -2.29. The number of hydrogen-bond acceptors (Lipinski definition) is 4. The van der Waals surface area contributed by atoms with E-state index in [4.69, 9.17) is 0 Å². The minimum atomic E-state index is -0.542. The molecule has 6 nitrogen and oxygen atoms in total. The molecule has 35 heavy (non-hydrogen) atoms. The Morgan fingerprint density at radius 3 is 2.51 bits per heavy atom. The summed E-state index contributed by atoms with van der Waals surface area (Å²) in [5.41, 5.74) is 1.27. The highest BCUT2D eigenvalue weighted by Crippen LogP contribution is 2.25. The fourth-order valence-electron chi connectivity index (χ4n) is 3.94. The molecular formula is C27H49F2N5O. The van der Waals surface area contributed by atoms with Crippen LogP contribution in [-0.2, 0) is 23.2 Å². The van der Waals surface area contributed by atoms with Crippen LogP contribution in [0.25, 0.3) is 0 Å². The van der Waals surface area contributed by atoms with Gasteiger partial charge >= 0.3 is 0 Å². The van der Waals surface area contributed by atoms with E-state index >= 15 is 0 Å². The highest BCUT2D eigenvalue weighted by molar-refractivity contribution is 5.91. The normalized spacial score (nSPS) is 15.7. The van der Waals surface area contributed by atoms with Crippen LogP contribution in [-0.4, -0.2) is 41.1 Å². The smallest absolute Gasteiger partial charge is 0.239 e. The number of nitrogens with one attached hydrogen (secondary N) is 3. The number of carbonyl (C=O) groups is 1. The lowest BCUT2D eigenvalue weighted by Crippen LogP contribution is -2.40. The molecular weight excluding hydrogens is 448 g/mol. The number of anilines is 1. The summed E-state index contributed by atoms with van der Waals surface area (Å²) in [6.07, 6.45) is 6.57. The number of aromatic nitrogens is 2. The Morgan fingerprint density at radius 1 is 1.17 bits per heavy atom. The van der Waals surface area contributed by atoms with Gasteiger partial charge in [-0.1, -0.05) is 41.0 Å². The van der Waals surface area contributed by atoms with Gasteiger partial charge in [0.25, 0.3) is 0 Å². The van der Waals surface area contributed by atoms with Gasteiger partial charge in [0.15, 0.2) is 5.82 Å². The first-order chi connectivity index (χ1) is 16.3. The van der Waals surface area contributed by atoms with Crippen LogP contribution in [0.2, 0.25) is 0 Å². The second-order valence-electron chi connectivity index (χ2n) is 11.2. The molecule has 1 aromatic carbocycles. The molecule has 202 valence electrons. The van der Waals surface area contributed by atoms with Crippen molar-refractivity contribution < 1.29 is 17.9 Å². The third-order valence-corrected chi connectivity index (χ3v) is 5.78. The van der Waals surface area contributed by atoms with Gasteiger partial charge in [-0.15, -0.1) is 0 Å². The van der Waals surface area contributed by atoms with E-state index in [-0.39, 0.29) is 33.7 Å². The van der Waals surface area contributed by atoms with E-state index in [2.05, 4.69) is 69.4 Å². The summed E-state index contributed by atoms with van der Waals surface area (Å²) >= 11 is 0. The van der Waals surface area contributed by atoms with Gasteiger partial charge in [0.05, 0.1) is 18.4 Å². The fourth-order valence-corrected chi connectivity index (χ4v) is 3.94. The van der Waals surface area contributed by atoms with E-state index in [0.29, 0.717) is 24.2 Å². The van der Waals surface area contributed by atoms with Crippen molar-refractivity contribution >= 4 is 11.7 Å². The molecule has 3 N–H and O–H groups in total. The zero-order valence-electron chi connectivity index (χ0n) is 22.4. The number of amides is 1. The van der Waals surface area contributed by atoms with Crippen LogP contribution in [0.1, 0.15) is 76.7 Å². The monoisotopic (exact) mass is 497 g/mol. The average Bonchev–Trinajstić information content (AvgIpc) is 3.21. The molecule has 1 aromatic heterocycles. The first-order valence-electron chi connectivity index (χ1n) is 12.6. The van der Waals surface area contributed by atoms with Crippen molar-refractivity contribution in [1.82, 2.24) is 20.2 Å². The van der Waals surface area contributed by atoms with E-state index in [9.17, 15) is 13.6 Å². The van der Waals surface area contributed by atoms with Gasteiger partial charge in [-0.05, 0) is 55.7 Å². The molecule has 0 fully saturated rings. The largest absolute Gasteiger partial charge is 0.328 e. The van der Waals surface area contributed by atoms with Crippen LogP contribution in [0.3, 0.4) is 0 Å². The van der Waals surface area contributed by atoms with Crippen molar-refractivity contribution in [1.29, 1.82) is 0 Å². The Hall–Kier alpha value is -2.32. The number of fused-ring (bicyclic) bond motifs is 1. The van der Waals surface area contributed by atoms with E-state index < -0.39 is 11.6 Å². The number of benzene rings is 1. The van der Waals surface area contributed by atoms with Crippen molar-refractivity contribution in [2.75, 3.05) is 25.0 Å². The standard InChI is InChI=1S/C24H35F2N5O.C3H8.3H2/c1-23(2,3)13-27-14-24(4,5)31-12-21(29-15-31)30-22(32)11-28-18-7-6-16-8-17(25)9-20(26)19(16)10-18;1-3-2;;;/h8-9,12,15,18,27-28H,6-7,10-11,13-14H2,1-5H3,(H,30,32);3H2,1-2H3;3*1H/t18-;;;;/m1..../s1. The zero-order valence-corrected chi connectivity index (χ0v) is 22.4. The average molecular weight is 498 g/mol. The van der Waals surface area contributed by atoms with Gasteiger partial charge < -0.3 is 20.5 Å². The van der Waals surface area contributed by atoms with Crippen molar-refractivity contribution in [2.24, 2.45) is 5.41 Å². The molecule has 1 amide bonds. The maximum absolute atomic E-state index is 14.1. The quantitative estimate of drug-likeness (QED) is 0.433. The minimum Gasteiger partial charge on any atom is -0.328 e. The third-order valence-electron chi connectivity index (χ3n) is 5.78. The lowest BCUT2D eigenvalue weighted by atomic mass is 9.88. The van der Waals surface area contributed by atoms with Crippen LogP contribution in [0, 0.1) is 17.0 Å². The summed E-state index contributed by atoms with van der Waals surface area (Å²) in [4.78, 5) is 16.7. The van der Waals surface area contributed by atoms with Gasteiger partial charge in [-0.25, -0.2) is 13.8 Å².